The standard InChI is InChI=1S/C22H36N8O2/c1-16(2)6-10-29-18-19(25-21(29)28-9-4-5-17(23)15-28)30(22(32)26(3)20(18)31)14-13-27-11-7-24-8-12-27/h6,17,24H,4-5,7-15,23H2,1-3H3. The number of allylic oxidation sites excluding steroid dienone is 2. The number of hydrogen-bond acceptors (Lipinski definition) is 7. The van der Waals surface area contributed by atoms with E-state index in [0.717, 1.165) is 63.6 Å². The quantitative estimate of drug-likeness (QED) is 0.589. The van der Waals surface area contributed by atoms with E-state index in [2.05, 4.69) is 21.2 Å². The zero-order valence-corrected chi connectivity index (χ0v) is 19.5. The molecule has 10 heteroatoms. The third kappa shape index (κ3) is 4.53. The molecule has 2 fully saturated rings. The van der Waals surface area contributed by atoms with Crippen LogP contribution >= 0.6 is 0 Å². The molecule has 4 rings (SSSR count). The molecule has 176 valence electrons. The largest absolute Gasteiger partial charge is 0.341 e. The van der Waals surface area contributed by atoms with Crippen molar-refractivity contribution in [3.8, 4) is 0 Å². The Balaban J connectivity index is 1.82. The normalized spacial score (nSPS) is 20.1. The number of aromatic nitrogens is 4. The van der Waals surface area contributed by atoms with E-state index in [0.29, 0.717) is 30.8 Å². The van der Waals surface area contributed by atoms with Crippen LogP contribution in [0.1, 0.15) is 26.7 Å². The van der Waals surface area contributed by atoms with Crippen LogP contribution in [0.4, 0.5) is 5.95 Å². The molecule has 2 aromatic heterocycles. The predicted molar refractivity (Wildman–Crippen MR) is 127 cm³/mol. The fourth-order valence-electron chi connectivity index (χ4n) is 4.60. The van der Waals surface area contributed by atoms with Gasteiger partial charge in [0.2, 0.25) is 5.95 Å². The molecule has 0 aromatic carbocycles. The highest BCUT2D eigenvalue weighted by Gasteiger charge is 2.26. The molecule has 0 bridgehead atoms. The van der Waals surface area contributed by atoms with Gasteiger partial charge in [-0.2, -0.15) is 4.98 Å². The number of rotatable bonds is 6. The number of nitrogens with one attached hydrogen (secondary N) is 1. The number of nitrogens with zero attached hydrogens (tertiary/aromatic N) is 6. The number of piperazine rings is 1. The van der Waals surface area contributed by atoms with E-state index >= 15 is 0 Å². The molecule has 0 radical (unpaired) electrons. The average Bonchev–Trinajstić information content (AvgIpc) is 3.16. The van der Waals surface area contributed by atoms with Crippen LogP contribution in [-0.2, 0) is 20.1 Å². The lowest BCUT2D eigenvalue weighted by atomic mass is 10.1. The third-order valence-electron chi connectivity index (χ3n) is 6.48. The van der Waals surface area contributed by atoms with Crippen molar-refractivity contribution in [3.63, 3.8) is 0 Å². The molecule has 0 saturated carbocycles. The highest BCUT2D eigenvalue weighted by atomic mass is 16.2. The Morgan fingerprint density at radius 1 is 1.16 bits per heavy atom. The zero-order chi connectivity index (χ0) is 22.8. The van der Waals surface area contributed by atoms with E-state index < -0.39 is 0 Å². The van der Waals surface area contributed by atoms with Gasteiger partial charge >= 0.3 is 5.69 Å². The van der Waals surface area contributed by atoms with Gasteiger partial charge in [-0.1, -0.05) is 11.6 Å². The summed E-state index contributed by atoms with van der Waals surface area (Å²) in [5.41, 5.74) is 7.76. The summed E-state index contributed by atoms with van der Waals surface area (Å²) in [7, 11) is 1.56. The van der Waals surface area contributed by atoms with Gasteiger partial charge < -0.3 is 20.5 Å². The summed E-state index contributed by atoms with van der Waals surface area (Å²) in [6, 6.07) is 0.0817. The van der Waals surface area contributed by atoms with Gasteiger partial charge in [0.05, 0.1) is 0 Å². The van der Waals surface area contributed by atoms with E-state index in [4.69, 9.17) is 10.7 Å². The first-order valence-electron chi connectivity index (χ1n) is 11.6. The van der Waals surface area contributed by atoms with Crippen molar-refractivity contribution in [1.29, 1.82) is 0 Å². The number of anilines is 1. The Morgan fingerprint density at radius 2 is 1.91 bits per heavy atom. The van der Waals surface area contributed by atoms with Crippen LogP contribution in [0, 0.1) is 0 Å². The van der Waals surface area contributed by atoms with E-state index in [1.54, 1.807) is 11.6 Å². The van der Waals surface area contributed by atoms with E-state index in [1.807, 2.05) is 18.4 Å². The Labute approximate surface area is 188 Å². The summed E-state index contributed by atoms with van der Waals surface area (Å²) in [4.78, 5) is 35.7. The van der Waals surface area contributed by atoms with Crippen LogP contribution in [0.25, 0.3) is 11.2 Å². The van der Waals surface area contributed by atoms with Gasteiger partial charge in [-0.25, -0.2) is 4.79 Å². The van der Waals surface area contributed by atoms with Gasteiger partial charge in [-0.3, -0.25) is 18.8 Å². The zero-order valence-electron chi connectivity index (χ0n) is 19.5. The molecule has 32 heavy (non-hydrogen) atoms. The molecule has 2 saturated heterocycles. The van der Waals surface area contributed by atoms with Crippen molar-refractivity contribution in [1.82, 2.24) is 28.9 Å². The molecule has 3 N–H and O–H groups in total. The Kier molecular flexibility index (Phi) is 6.82. The van der Waals surface area contributed by atoms with Crippen molar-refractivity contribution in [2.45, 2.75) is 45.8 Å². The number of imidazole rings is 1. The molecule has 2 aliphatic heterocycles. The maximum atomic E-state index is 13.2. The minimum absolute atomic E-state index is 0.0817. The van der Waals surface area contributed by atoms with Crippen molar-refractivity contribution >= 4 is 17.1 Å². The maximum Gasteiger partial charge on any atom is 0.332 e. The summed E-state index contributed by atoms with van der Waals surface area (Å²) < 4.78 is 4.85. The lowest BCUT2D eigenvalue weighted by molar-refractivity contribution is 0.231. The first-order valence-corrected chi connectivity index (χ1v) is 11.6. The van der Waals surface area contributed by atoms with Crippen molar-refractivity contribution < 1.29 is 0 Å². The molecule has 1 atom stereocenters. The molecule has 0 aliphatic carbocycles. The maximum absolute atomic E-state index is 13.2. The first-order chi connectivity index (χ1) is 15.4. The number of hydrogen-bond donors (Lipinski definition) is 2. The van der Waals surface area contributed by atoms with Crippen LogP contribution in [0.2, 0.25) is 0 Å². The van der Waals surface area contributed by atoms with Gasteiger partial charge in [0.15, 0.2) is 11.2 Å². The topological polar surface area (TPSA) is 106 Å². The summed E-state index contributed by atoms with van der Waals surface area (Å²) in [6.45, 7) is 11.2. The number of fused-ring (bicyclic) bond motifs is 1. The lowest BCUT2D eigenvalue weighted by Gasteiger charge is -2.31. The molecule has 1 unspecified atom stereocenters. The summed E-state index contributed by atoms with van der Waals surface area (Å²) >= 11 is 0. The van der Waals surface area contributed by atoms with Crippen LogP contribution in [0.3, 0.4) is 0 Å². The fraction of sp³-hybridized carbons (Fsp3) is 0.682. The highest BCUT2D eigenvalue weighted by Crippen LogP contribution is 2.23. The SMILES string of the molecule is CC(C)=CCn1c(N2CCCC(N)C2)nc2c1c(=O)n(C)c(=O)n2CCN1CCNCC1. The smallest absolute Gasteiger partial charge is 0.332 e. The minimum atomic E-state index is -0.314. The van der Waals surface area contributed by atoms with E-state index in [9.17, 15) is 9.59 Å². The molecule has 0 amide bonds. The number of nitrogens with two attached hydrogens (primary N) is 1. The molecule has 4 heterocycles. The third-order valence-corrected chi connectivity index (χ3v) is 6.48. The second-order valence-electron chi connectivity index (χ2n) is 9.21. The summed E-state index contributed by atoms with van der Waals surface area (Å²) in [6.07, 6.45) is 4.06. The molecule has 2 aromatic rings. The van der Waals surface area contributed by atoms with Gasteiger partial charge in [-0.15, -0.1) is 0 Å². The molecule has 0 spiro atoms. The molecule has 2 aliphatic rings. The van der Waals surface area contributed by atoms with E-state index in [1.165, 1.54) is 4.57 Å². The summed E-state index contributed by atoms with van der Waals surface area (Å²) in [5, 5.41) is 3.35. The molecule has 10 nitrogen and oxygen atoms in total. The van der Waals surface area contributed by atoms with Crippen LogP contribution in [0.5, 0.6) is 0 Å². The lowest BCUT2D eigenvalue weighted by Crippen LogP contribution is -2.46. The van der Waals surface area contributed by atoms with Gasteiger partial charge in [0.25, 0.3) is 5.56 Å². The molecular formula is C22H36N8O2. The van der Waals surface area contributed by atoms with Crippen LogP contribution in [-0.4, -0.2) is 75.4 Å². The Bertz CT molecular complexity index is 1100. The molecular weight excluding hydrogens is 408 g/mol. The van der Waals surface area contributed by atoms with Gasteiger partial charge in [0, 0.05) is 72.0 Å². The van der Waals surface area contributed by atoms with Crippen molar-refractivity contribution in [2.24, 2.45) is 12.8 Å². The minimum Gasteiger partial charge on any atom is -0.341 e. The van der Waals surface area contributed by atoms with Crippen molar-refractivity contribution in [3.05, 3.63) is 32.5 Å². The second kappa shape index (κ2) is 9.60. The number of piperidine rings is 1. The Morgan fingerprint density at radius 3 is 2.59 bits per heavy atom. The van der Waals surface area contributed by atoms with Gasteiger partial charge in [0.1, 0.15) is 0 Å². The second-order valence-corrected chi connectivity index (χ2v) is 9.21. The summed E-state index contributed by atoms with van der Waals surface area (Å²) in [5.74, 6) is 0.728. The monoisotopic (exact) mass is 444 g/mol. The predicted octanol–water partition coefficient (Wildman–Crippen LogP) is -0.304. The Hall–Kier alpha value is -2.43. The van der Waals surface area contributed by atoms with Crippen molar-refractivity contribution in [2.75, 3.05) is 50.7 Å². The van der Waals surface area contributed by atoms with E-state index in [-0.39, 0.29) is 17.3 Å². The van der Waals surface area contributed by atoms with Gasteiger partial charge in [-0.05, 0) is 26.7 Å². The fourth-order valence-corrected chi connectivity index (χ4v) is 4.60. The highest BCUT2D eigenvalue weighted by molar-refractivity contribution is 5.75. The average molecular weight is 445 g/mol. The van der Waals surface area contributed by atoms with Crippen LogP contribution < -0.4 is 27.2 Å². The van der Waals surface area contributed by atoms with Crippen LogP contribution in [0.15, 0.2) is 21.2 Å². The first kappa shape index (κ1) is 22.8.